The van der Waals surface area contributed by atoms with E-state index in [0.29, 0.717) is 0 Å². The summed E-state index contributed by atoms with van der Waals surface area (Å²) in [6.07, 6.45) is 3.61. The third-order valence-corrected chi connectivity index (χ3v) is 2.11. The Kier molecular flexibility index (Phi) is 4.90. The van der Waals surface area contributed by atoms with Crippen molar-refractivity contribution >= 4 is 5.69 Å². The van der Waals surface area contributed by atoms with Crippen LogP contribution in [0.1, 0.15) is 26.2 Å². The first-order valence-electron chi connectivity index (χ1n) is 5.19. The van der Waals surface area contributed by atoms with E-state index < -0.39 is 0 Å². The van der Waals surface area contributed by atoms with E-state index in [2.05, 4.69) is 12.2 Å². The molecule has 1 radical (unpaired) electrons. The maximum atomic E-state index is 5.57. The van der Waals surface area contributed by atoms with Gasteiger partial charge in [0.05, 0.1) is 12.3 Å². The van der Waals surface area contributed by atoms with Gasteiger partial charge in [-0.05, 0) is 30.7 Å². The summed E-state index contributed by atoms with van der Waals surface area (Å²) in [5.41, 5.74) is 0.992. The van der Waals surface area contributed by atoms with Gasteiger partial charge in [-0.2, -0.15) is 0 Å². The van der Waals surface area contributed by atoms with Gasteiger partial charge in [-0.3, -0.25) is 5.32 Å². The maximum absolute atomic E-state index is 5.57. The number of hydrogen-bond donors (Lipinski definition) is 0. The lowest BCUT2D eigenvalue weighted by atomic mass is 10.2. The average molecular weight is 192 g/mol. The second kappa shape index (κ2) is 6.30. The highest BCUT2D eigenvalue weighted by atomic mass is 16.5. The van der Waals surface area contributed by atoms with Crippen molar-refractivity contribution in [3.8, 4) is 5.75 Å². The zero-order chi connectivity index (χ0) is 10.2. The van der Waals surface area contributed by atoms with Crippen molar-refractivity contribution in [2.75, 3.05) is 13.7 Å². The van der Waals surface area contributed by atoms with Gasteiger partial charge in [0.15, 0.2) is 0 Å². The molecule has 0 aliphatic carbocycles. The Bertz CT molecular complexity index is 243. The quantitative estimate of drug-likeness (QED) is 0.635. The molecule has 0 aromatic heterocycles. The molecular weight excluding hydrogens is 174 g/mol. The van der Waals surface area contributed by atoms with E-state index in [9.17, 15) is 0 Å². The van der Waals surface area contributed by atoms with E-state index in [4.69, 9.17) is 4.74 Å². The molecule has 0 atom stereocenters. The van der Waals surface area contributed by atoms with Crippen molar-refractivity contribution in [3.05, 3.63) is 24.3 Å². The number of nitrogens with zero attached hydrogens (tertiary/aromatic N) is 1. The highest BCUT2D eigenvalue weighted by Crippen LogP contribution is 2.15. The van der Waals surface area contributed by atoms with Gasteiger partial charge < -0.3 is 4.74 Å². The first kappa shape index (κ1) is 10.9. The third kappa shape index (κ3) is 3.69. The highest BCUT2D eigenvalue weighted by molar-refractivity contribution is 5.39. The summed E-state index contributed by atoms with van der Waals surface area (Å²) < 4.78 is 5.57. The number of rotatable bonds is 6. The van der Waals surface area contributed by atoms with E-state index in [1.54, 1.807) is 7.05 Å². The Labute approximate surface area is 86.3 Å². The molecule has 0 fully saturated rings. The predicted molar refractivity (Wildman–Crippen MR) is 59.2 cm³/mol. The lowest BCUT2D eigenvalue weighted by Crippen LogP contribution is -1.96. The summed E-state index contributed by atoms with van der Waals surface area (Å²) in [7, 11) is 1.79. The van der Waals surface area contributed by atoms with Crippen molar-refractivity contribution < 1.29 is 4.74 Å². The molecular formula is C12H18NO. The number of unbranched alkanes of at least 4 members (excludes halogenated alkanes) is 2. The monoisotopic (exact) mass is 192 g/mol. The van der Waals surface area contributed by atoms with Crippen molar-refractivity contribution in [1.29, 1.82) is 0 Å². The molecule has 1 rings (SSSR count). The lowest BCUT2D eigenvalue weighted by Gasteiger charge is -2.05. The molecule has 0 aliphatic heterocycles. The standard InChI is InChI=1S/C12H18NO/c1-3-4-5-10-14-12-8-6-11(13-2)7-9-12/h6-9H,3-5,10H2,1-2H3. The first-order chi connectivity index (χ1) is 6.86. The summed E-state index contributed by atoms with van der Waals surface area (Å²) >= 11 is 0. The van der Waals surface area contributed by atoms with Crippen LogP contribution < -0.4 is 10.1 Å². The normalized spacial score (nSPS) is 9.86. The zero-order valence-electron chi connectivity index (χ0n) is 8.99. The molecule has 0 unspecified atom stereocenters. The Hall–Kier alpha value is -1.18. The Morgan fingerprint density at radius 1 is 1.14 bits per heavy atom. The molecule has 0 spiro atoms. The minimum absolute atomic E-state index is 0.816. The van der Waals surface area contributed by atoms with Crippen LogP contribution in [0.25, 0.3) is 0 Å². The van der Waals surface area contributed by atoms with Crippen molar-refractivity contribution in [1.82, 2.24) is 5.32 Å². The van der Waals surface area contributed by atoms with Gasteiger partial charge in [0.1, 0.15) is 5.75 Å². The highest BCUT2D eigenvalue weighted by Gasteiger charge is 1.94. The van der Waals surface area contributed by atoms with Gasteiger partial charge in [-0.1, -0.05) is 19.8 Å². The van der Waals surface area contributed by atoms with Gasteiger partial charge in [0.2, 0.25) is 0 Å². The smallest absolute Gasteiger partial charge is 0.119 e. The van der Waals surface area contributed by atoms with Gasteiger partial charge in [-0.15, -0.1) is 0 Å². The molecule has 0 N–H and O–H groups in total. The second-order valence-electron chi connectivity index (χ2n) is 3.27. The molecule has 0 saturated carbocycles. The maximum Gasteiger partial charge on any atom is 0.119 e. The lowest BCUT2D eigenvalue weighted by molar-refractivity contribution is 0.306. The van der Waals surface area contributed by atoms with Crippen LogP contribution in [0.2, 0.25) is 0 Å². The average Bonchev–Trinajstić information content (AvgIpc) is 2.25. The Balaban J connectivity index is 2.29. The van der Waals surface area contributed by atoms with Gasteiger partial charge in [0, 0.05) is 7.05 Å². The minimum Gasteiger partial charge on any atom is -0.494 e. The van der Waals surface area contributed by atoms with Gasteiger partial charge >= 0.3 is 0 Å². The number of hydrogen-bond acceptors (Lipinski definition) is 1. The van der Waals surface area contributed by atoms with E-state index >= 15 is 0 Å². The first-order valence-corrected chi connectivity index (χ1v) is 5.19. The molecule has 1 aromatic carbocycles. The largest absolute Gasteiger partial charge is 0.494 e. The molecule has 1 aromatic rings. The molecule has 77 valence electrons. The van der Waals surface area contributed by atoms with E-state index in [1.165, 1.54) is 12.8 Å². The molecule has 2 nitrogen and oxygen atoms in total. The molecule has 2 heteroatoms. The topological polar surface area (TPSA) is 23.3 Å². The SMILES string of the molecule is CCCCCOc1ccc([N]C)cc1. The summed E-state index contributed by atoms with van der Waals surface area (Å²) in [5, 5.41) is 4.07. The van der Waals surface area contributed by atoms with Crippen molar-refractivity contribution in [2.45, 2.75) is 26.2 Å². The second-order valence-corrected chi connectivity index (χ2v) is 3.27. The fraction of sp³-hybridized carbons (Fsp3) is 0.500. The Morgan fingerprint density at radius 2 is 1.86 bits per heavy atom. The van der Waals surface area contributed by atoms with Crippen LogP contribution in [0, 0.1) is 0 Å². The van der Waals surface area contributed by atoms with Crippen molar-refractivity contribution in [2.24, 2.45) is 0 Å². The van der Waals surface area contributed by atoms with Gasteiger partial charge in [0.25, 0.3) is 0 Å². The Morgan fingerprint density at radius 3 is 2.43 bits per heavy atom. The summed E-state index contributed by atoms with van der Waals surface area (Å²) in [5.74, 6) is 0.938. The van der Waals surface area contributed by atoms with E-state index in [1.807, 2.05) is 24.3 Å². The van der Waals surface area contributed by atoms with Crippen LogP contribution in [0.5, 0.6) is 5.75 Å². The number of ether oxygens (including phenoxy) is 1. The molecule has 0 heterocycles. The number of benzene rings is 1. The summed E-state index contributed by atoms with van der Waals surface area (Å²) in [6.45, 7) is 3.01. The molecule has 0 bridgehead atoms. The van der Waals surface area contributed by atoms with Crippen LogP contribution in [0.15, 0.2) is 24.3 Å². The van der Waals surface area contributed by atoms with Crippen LogP contribution in [-0.2, 0) is 0 Å². The minimum atomic E-state index is 0.816. The third-order valence-electron chi connectivity index (χ3n) is 2.11. The molecule has 14 heavy (non-hydrogen) atoms. The summed E-state index contributed by atoms with van der Waals surface area (Å²) in [6, 6.07) is 7.87. The van der Waals surface area contributed by atoms with Crippen molar-refractivity contribution in [3.63, 3.8) is 0 Å². The van der Waals surface area contributed by atoms with E-state index in [-0.39, 0.29) is 0 Å². The fourth-order valence-electron chi connectivity index (χ4n) is 1.23. The fourth-order valence-corrected chi connectivity index (χ4v) is 1.23. The van der Waals surface area contributed by atoms with Crippen LogP contribution in [0.3, 0.4) is 0 Å². The van der Waals surface area contributed by atoms with Crippen LogP contribution >= 0.6 is 0 Å². The molecule has 0 amide bonds. The molecule has 0 aliphatic rings. The van der Waals surface area contributed by atoms with Crippen LogP contribution in [-0.4, -0.2) is 13.7 Å². The molecule has 0 saturated heterocycles. The van der Waals surface area contributed by atoms with Gasteiger partial charge in [-0.25, -0.2) is 0 Å². The van der Waals surface area contributed by atoms with E-state index in [0.717, 1.165) is 24.5 Å². The van der Waals surface area contributed by atoms with Crippen LogP contribution in [0.4, 0.5) is 5.69 Å². The predicted octanol–water partition coefficient (Wildman–Crippen LogP) is 3.12. The summed E-state index contributed by atoms with van der Waals surface area (Å²) in [4.78, 5) is 0. The zero-order valence-corrected chi connectivity index (χ0v) is 8.99.